The fourth-order valence-corrected chi connectivity index (χ4v) is 1.30. The van der Waals surface area contributed by atoms with Crippen LogP contribution in [0.15, 0.2) is 12.3 Å². The van der Waals surface area contributed by atoms with Crippen molar-refractivity contribution in [2.75, 3.05) is 7.11 Å². The lowest BCUT2D eigenvalue weighted by atomic mass is 10.1. The zero-order valence-corrected chi connectivity index (χ0v) is 8.51. The van der Waals surface area contributed by atoms with Crippen molar-refractivity contribution >= 4 is 0 Å². The van der Waals surface area contributed by atoms with Crippen molar-refractivity contribution in [1.82, 2.24) is 4.57 Å². The zero-order valence-electron chi connectivity index (χ0n) is 8.51. The molecule has 2 nitrogen and oxygen atoms in total. The number of nitrogens with zero attached hydrogens (tertiary/aromatic N) is 1. The van der Waals surface area contributed by atoms with E-state index in [1.54, 1.807) is 7.11 Å². The van der Waals surface area contributed by atoms with E-state index in [2.05, 4.69) is 44.5 Å². The molecule has 0 atom stereocenters. The Balaban J connectivity index is 3.16. The predicted molar refractivity (Wildman–Crippen MR) is 50.7 cm³/mol. The Morgan fingerprint density at radius 1 is 1.33 bits per heavy atom. The summed E-state index contributed by atoms with van der Waals surface area (Å²) in [7, 11) is 1.71. The first-order chi connectivity index (χ1) is 5.46. The van der Waals surface area contributed by atoms with Gasteiger partial charge in [-0.15, -0.1) is 0 Å². The van der Waals surface area contributed by atoms with E-state index in [0.717, 1.165) is 5.88 Å². The van der Waals surface area contributed by atoms with E-state index in [4.69, 9.17) is 4.74 Å². The highest BCUT2D eigenvalue weighted by atomic mass is 16.5. The van der Waals surface area contributed by atoms with Gasteiger partial charge >= 0.3 is 0 Å². The van der Waals surface area contributed by atoms with Gasteiger partial charge in [0, 0.05) is 17.3 Å². The maximum atomic E-state index is 5.31. The van der Waals surface area contributed by atoms with Crippen molar-refractivity contribution in [3.63, 3.8) is 0 Å². The summed E-state index contributed by atoms with van der Waals surface area (Å²) >= 11 is 0. The number of hydrogen-bond donors (Lipinski definition) is 0. The number of methoxy groups -OCH3 is 1. The molecule has 0 saturated heterocycles. The molecular weight excluding hydrogens is 150 g/mol. The molecule has 0 aliphatic heterocycles. The molecule has 0 spiro atoms. The molecule has 0 N–H and O–H groups in total. The Kier molecular flexibility index (Phi) is 2.18. The van der Waals surface area contributed by atoms with E-state index < -0.39 is 0 Å². The Bertz CT molecular complexity index is 268. The lowest BCUT2D eigenvalue weighted by Gasteiger charge is -2.23. The monoisotopic (exact) mass is 167 g/mol. The Morgan fingerprint density at radius 2 is 1.92 bits per heavy atom. The first-order valence-electron chi connectivity index (χ1n) is 4.19. The summed E-state index contributed by atoms with van der Waals surface area (Å²) in [5, 5.41) is 0. The molecule has 12 heavy (non-hydrogen) atoms. The first-order valence-corrected chi connectivity index (χ1v) is 4.19. The molecule has 1 heterocycles. The van der Waals surface area contributed by atoms with Gasteiger partial charge in [-0.25, -0.2) is 0 Å². The average molecular weight is 167 g/mol. The minimum atomic E-state index is 0.0968. The van der Waals surface area contributed by atoms with Gasteiger partial charge in [0.15, 0.2) is 5.88 Å². The van der Waals surface area contributed by atoms with Crippen LogP contribution in [-0.4, -0.2) is 11.7 Å². The molecule has 0 saturated carbocycles. The van der Waals surface area contributed by atoms with Crippen molar-refractivity contribution in [3.05, 3.63) is 17.8 Å². The van der Waals surface area contributed by atoms with Gasteiger partial charge in [-0.1, -0.05) is 0 Å². The summed E-state index contributed by atoms with van der Waals surface area (Å²) < 4.78 is 7.45. The van der Waals surface area contributed by atoms with Crippen LogP contribution in [0.5, 0.6) is 5.88 Å². The minimum Gasteiger partial charge on any atom is -0.482 e. The van der Waals surface area contributed by atoms with Crippen molar-refractivity contribution in [2.45, 2.75) is 33.2 Å². The largest absolute Gasteiger partial charge is 0.482 e. The average Bonchev–Trinajstić information content (AvgIpc) is 2.29. The van der Waals surface area contributed by atoms with Gasteiger partial charge in [0.05, 0.1) is 7.11 Å². The molecule has 2 heteroatoms. The van der Waals surface area contributed by atoms with E-state index in [1.807, 2.05) is 0 Å². The molecule has 0 bridgehead atoms. The van der Waals surface area contributed by atoms with Gasteiger partial charge in [-0.05, 0) is 33.8 Å². The lowest BCUT2D eigenvalue weighted by Crippen LogP contribution is -2.21. The molecule has 0 fully saturated rings. The third kappa shape index (κ3) is 1.47. The summed E-state index contributed by atoms with van der Waals surface area (Å²) in [6, 6.07) is 2.07. The minimum absolute atomic E-state index is 0.0968. The molecule has 0 aromatic carbocycles. The molecule has 0 radical (unpaired) electrons. The van der Waals surface area contributed by atoms with Crippen LogP contribution in [0.1, 0.15) is 26.3 Å². The van der Waals surface area contributed by atoms with Gasteiger partial charge in [-0.3, -0.25) is 0 Å². The highest BCUT2D eigenvalue weighted by molar-refractivity contribution is 5.28. The summed E-state index contributed by atoms with van der Waals surface area (Å²) in [6.07, 6.45) is 2.06. The molecule has 68 valence electrons. The molecule has 0 unspecified atom stereocenters. The van der Waals surface area contributed by atoms with E-state index >= 15 is 0 Å². The van der Waals surface area contributed by atoms with Crippen LogP contribution in [0, 0.1) is 6.92 Å². The smallest absolute Gasteiger partial charge is 0.196 e. The Morgan fingerprint density at radius 3 is 2.25 bits per heavy atom. The highest BCUT2D eigenvalue weighted by Gasteiger charge is 2.17. The fourth-order valence-electron chi connectivity index (χ4n) is 1.30. The summed E-state index contributed by atoms with van der Waals surface area (Å²) in [6.45, 7) is 8.54. The van der Waals surface area contributed by atoms with Crippen LogP contribution in [0.2, 0.25) is 0 Å². The van der Waals surface area contributed by atoms with Crippen LogP contribution < -0.4 is 4.74 Å². The summed E-state index contributed by atoms with van der Waals surface area (Å²) in [5.41, 5.74) is 1.28. The SMILES string of the molecule is COc1c(C)ccn1C(C)(C)C. The molecule has 1 aromatic heterocycles. The number of aryl methyl sites for hydroxylation is 1. The predicted octanol–water partition coefficient (Wildman–Crippen LogP) is 2.56. The molecule has 0 aliphatic rings. The van der Waals surface area contributed by atoms with Crippen molar-refractivity contribution < 1.29 is 4.74 Å². The summed E-state index contributed by atoms with van der Waals surface area (Å²) in [5.74, 6) is 0.961. The second kappa shape index (κ2) is 2.85. The van der Waals surface area contributed by atoms with Crippen molar-refractivity contribution in [3.8, 4) is 5.88 Å². The van der Waals surface area contributed by atoms with E-state index in [0.29, 0.717) is 0 Å². The second-order valence-electron chi connectivity index (χ2n) is 4.05. The van der Waals surface area contributed by atoms with Gasteiger partial charge in [0.1, 0.15) is 0 Å². The normalized spacial score (nSPS) is 11.8. The number of rotatable bonds is 1. The first kappa shape index (κ1) is 9.17. The van der Waals surface area contributed by atoms with Crippen molar-refractivity contribution in [1.29, 1.82) is 0 Å². The zero-order chi connectivity index (χ0) is 9.35. The maximum absolute atomic E-state index is 5.31. The van der Waals surface area contributed by atoms with Crippen LogP contribution in [0.4, 0.5) is 0 Å². The fraction of sp³-hybridized carbons (Fsp3) is 0.600. The van der Waals surface area contributed by atoms with Crippen LogP contribution in [-0.2, 0) is 5.54 Å². The quantitative estimate of drug-likeness (QED) is 0.627. The van der Waals surface area contributed by atoms with Crippen LogP contribution in [0.3, 0.4) is 0 Å². The van der Waals surface area contributed by atoms with Gasteiger partial charge in [-0.2, -0.15) is 0 Å². The van der Waals surface area contributed by atoms with Gasteiger partial charge in [0.25, 0.3) is 0 Å². The molecule has 0 aliphatic carbocycles. The summed E-state index contributed by atoms with van der Waals surface area (Å²) in [4.78, 5) is 0. The van der Waals surface area contributed by atoms with Gasteiger partial charge < -0.3 is 9.30 Å². The maximum Gasteiger partial charge on any atom is 0.196 e. The van der Waals surface area contributed by atoms with E-state index in [-0.39, 0.29) is 5.54 Å². The van der Waals surface area contributed by atoms with Crippen LogP contribution in [0.25, 0.3) is 0 Å². The lowest BCUT2D eigenvalue weighted by molar-refractivity contribution is 0.307. The Hall–Kier alpha value is -0.920. The Labute approximate surface area is 74.2 Å². The number of ether oxygens (including phenoxy) is 1. The highest BCUT2D eigenvalue weighted by Crippen LogP contribution is 2.26. The molecule has 0 amide bonds. The standard InChI is InChI=1S/C10H17NO/c1-8-6-7-11(9(8)12-5)10(2,3)4/h6-7H,1-5H3. The van der Waals surface area contributed by atoms with Gasteiger partial charge in [0.2, 0.25) is 0 Å². The third-order valence-electron chi connectivity index (χ3n) is 1.95. The number of hydrogen-bond acceptors (Lipinski definition) is 1. The number of aromatic nitrogens is 1. The second-order valence-corrected chi connectivity index (χ2v) is 4.05. The third-order valence-corrected chi connectivity index (χ3v) is 1.95. The topological polar surface area (TPSA) is 14.2 Å². The molecular formula is C10H17NO. The van der Waals surface area contributed by atoms with E-state index in [9.17, 15) is 0 Å². The van der Waals surface area contributed by atoms with Crippen molar-refractivity contribution in [2.24, 2.45) is 0 Å². The molecule has 1 aromatic rings. The van der Waals surface area contributed by atoms with E-state index in [1.165, 1.54) is 5.56 Å². The van der Waals surface area contributed by atoms with Crippen LogP contribution >= 0.6 is 0 Å². The molecule has 1 rings (SSSR count).